The monoisotopic (exact) mass is 270 g/mol. The maximum Gasteiger partial charge on any atom is 0.150 e. The molecule has 1 unspecified atom stereocenters. The largest absolute Gasteiger partial charge is 0.506 e. The fourth-order valence-electron chi connectivity index (χ4n) is 2.26. The van der Waals surface area contributed by atoms with E-state index < -0.39 is 5.82 Å². The molecule has 1 fully saturated rings. The molecule has 4 nitrogen and oxygen atoms in total. The number of nitrogens with zero attached hydrogens (tertiary/aromatic N) is 2. The second kappa shape index (κ2) is 4.40. The van der Waals surface area contributed by atoms with Gasteiger partial charge in [-0.3, -0.25) is 0 Å². The van der Waals surface area contributed by atoms with E-state index in [0.717, 1.165) is 19.3 Å². The predicted molar refractivity (Wildman–Crippen MR) is 65.2 cm³/mol. The van der Waals surface area contributed by atoms with Crippen LogP contribution in [0.25, 0.3) is 10.9 Å². The first kappa shape index (κ1) is 11.7. The molecule has 3 rings (SSSR count). The Hall–Kier alpha value is -1.33. The zero-order chi connectivity index (χ0) is 12.7. The molecule has 0 saturated carbocycles. The number of benzene rings is 1. The second-order valence-electron chi connectivity index (χ2n) is 4.36. The standard InChI is InChI=1S/C12H12ClFN2O2/c13-11-8(14)5-9-7(12(11)17)6-15-16(9)10-3-1-2-4-18-10/h5-6,10,17H,1-4H2. The molecule has 0 radical (unpaired) electrons. The van der Waals surface area contributed by atoms with Crippen molar-refractivity contribution in [1.82, 2.24) is 9.78 Å². The van der Waals surface area contributed by atoms with Crippen LogP contribution in [0.3, 0.4) is 0 Å². The van der Waals surface area contributed by atoms with E-state index in [1.54, 1.807) is 4.68 Å². The third kappa shape index (κ3) is 1.74. The van der Waals surface area contributed by atoms with E-state index >= 15 is 0 Å². The number of hydrogen-bond donors (Lipinski definition) is 1. The quantitative estimate of drug-likeness (QED) is 0.865. The number of hydrogen-bond acceptors (Lipinski definition) is 3. The van der Waals surface area contributed by atoms with Crippen molar-refractivity contribution >= 4 is 22.5 Å². The Morgan fingerprint density at radius 1 is 1.50 bits per heavy atom. The lowest BCUT2D eigenvalue weighted by molar-refractivity contribution is -0.0366. The minimum absolute atomic E-state index is 0.198. The molecule has 6 heteroatoms. The van der Waals surface area contributed by atoms with Crippen LogP contribution in [0.2, 0.25) is 5.02 Å². The molecule has 1 saturated heterocycles. The molecule has 1 aliphatic heterocycles. The summed E-state index contributed by atoms with van der Waals surface area (Å²) in [6.07, 6.45) is 4.20. The Morgan fingerprint density at radius 3 is 3.06 bits per heavy atom. The summed E-state index contributed by atoms with van der Waals surface area (Å²) in [5.41, 5.74) is 0.501. The molecule has 96 valence electrons. The molecular formula is C12H12ClFN2O2. The summed E-state index contributed by atoms with van der Waals surface area (Å²) in [4.78, 5) is 0. The highest BCUT2D eigenvalue weighted by atomic mass is 35.5. The number of phenolic OH excluding ortho intramolecular Hbond substituents is 1. The Morgan fingerprint density at radius 2 is 2.33 bits per heavy atom. The first-order chi connectivity index (χ1) is 8.68. The molecule has 0 bridgehead atoms. The number of rotatable bonds is 1. The van der Waals surface area contributed by atoms with Crippen molar-refractivity contribution in [3.8, 4) is 5.75 Å². The first-order valence-corrected chi connectivity index (χ1v) is 6.22. The summed E-state index contributed by atoms with van der Waals surface area (Å²) in [7, 11) is 0. The van der Waals surface area contributed by atoms with Crippen molar-refractivity contribution in [3.05, 3.63) is 23.1 Å². The minimum atomic E-state index is -0.653. The summed E-state index contributed by atoms with van der Waals surface area (Å²) in [6.45, 7) is 0.675. The number of phenols is 1. The number of aromatic nitrogens is 2. The van der Waals surface area contributed by atoms with Gasteiger partial charge in [-0.15, -0.1) is 0 Å². The van der Waals surface area contributed by atoms with Gasteiger partial charge < -0.3 is 9.84 Å². The van der Waals surface area contributed by atoms with Crippen LogP contribution in [0.15, 0.2) is 12.3 Å². The summed E-state index contributed by atoms with van der Waals surface area (Å²) in [5.74, 6) is -0.923. The van der Waals surface area contributed by atoms with E-state index in [-0.39, 0.29) is 17.0 Å². The highest BCUT2D eigenvalue weighted by Crippen LogP contribution is 2.36. The third-order valence-corrected chi connectivity index (χ3v) is 3.56. The third-order valence-electron chi connectivity index (χ3n) is 3.20. The van der Waals surface area contributed by atoms with Gasteiger partial charge in [0.1, 0.15) is 16.6 Å². The molecule has 0 aliphatic carbocycles. The van der Waals surface area contributed by atoms with Gasteiger partial charge in [-0.1, -0.05) is 11.6 Å². The van der Waals surface area contributed by atoms with Gasteiger partial charge >= 0.3 is 0 Å². The summed E-state index contributed by atoms with van der Waals surface area (Å²) in [6, 6.07) is 1.28. The van der Waals surface area contributed by atoms with Gasteiger partial charge in [0, 0.05) is 12.7 Å². The average molecular weight is 271 g/mol. The Bertz CT molecular complexity index is 593. The van der Waals surface area contributed by atoms with Crippen molar-refractivity contribution in [2.24, 2.45) is 0 Å². The van der Waals surface area contributed by atoms with E-state index in [0.29, 0.717) is 17.5 Å². The Labute approximate surface area is 108 Å². The molecule has 2 aromatic rings. The highest BCUT2D eigenvalue weighted by Gasteiger charge is 2.21. The topological polar surface area (TPSA) is 47.3 Å². The van der Waals surface area contributed by atoms with Gasteiger partial charge in [-0.2, -0.15) is 5.10 Å². The van der Waals surface area contributed by atoms with Crippen LogP contribution < -0.4 is 0 Å². The van der Waals surface area contributed by atoms with Gasteiger partial charge in [0.15, 0.2) is 6.23 Å². The van der Waals surface area contributed by atoms with Crippen LogP contribution in [-0.4, -0.2) is 21.5 Å². The molecular weight excluding hydrogens is 259 g/mol. The van der Waals surface area contributed by atoms with E-state index in [1.807, 2.05) is 0 Å². The van der Waals surface area contributed by atoms with Gasteiger partial charge in [-0.05, 0) is 19.3 Å². The maximum atomic E-state index is 13.6. The molecule has 0 amide bonds. The molecule has 2 heterocycles. The normalized spacial score (nSPS) is 20.4. The lowest BCUT2D eigenvalue weighted by Gasteiger charge is -2.23. The zero-order valence-corrected chi connectivity index (χ0v) is 10.3. The molecule has 1 atom stereocenters. The summed E-state index contributed by atoms with van der Waals surface area (Å²) < 4.78 is 20.8. The van der Waals surface area contributed by atoms with E-state index in [2.05, 4.69) is 5.10 Å². The molecule has 1 aromatic heterocycles. The fourth-order valence-corrected chi connectivity index (χ4v) is 2.42. The van der Waals surface area contributed by atoms with Gasteiger partial charge in [0.2, 0.25) is 0 Å². The van der Waals surface area contributed by atoms with Crippen molar-refractivity contribution in [2.75, 3.05) is 6.61 Å². The SMILES string of the molecule is Oc1c(Cl)c(F)cc2c1cnn2C1CCCCO1. The second-order valence-corrected chi connectivity index (χ2v) is 4.74. The van der Waals surface area contributed by atoms with Gasteiger partial charge in [-0.25, -0.2) is 9.07 Å². The smallest absolute Gasteiger partial charge is 0.150 e. The number of ether oxygens (including phenoxy) is 1. The summed E-state index contributed by atoms with van der Waals surface area (Å²) >= 11 is 5.66. The van der Waals surface area contributed by atoms with E-state index in [4.69, 9.17) is 16.3 Å². The van der Waals surface area contributed by atoms with Gasteiger partial charge in [0.05, 0.1) is 17.1 Å². The fraction of sp³-hybridized carbons (Fsp3) is 0.417. The molecule has 1 aromatic carbocycles. The van der Waals surface area contributed by atoms with Crippen LogP contribution >= 0.6 is 11.6 Å². The van der Waals surface area contributed by atoms with Gasteiger partial charge in [0.25, 0.3) is 0 Å². The average Bonchev–Trinajstić information content (AvgIpc) is 2.81. The number of fused-ring (bicyclic) bond motifs is 1. The number of halogens is 2. The van der Waals surface area contributed by atoms with Crippen molar-refractivity contribution < 1.29 is 14.2 Å². The maximum absolute atomic E-state index is 13.6. The lowest BCUT2D eigenvalue weighted by Crippen LogP contribution is -2.18. The summed E-state index contributed by atoms with van der Waals surface area (Å²) in [5, 5.41) is 14.1. The van der Waals surface area contributed by atoms with E-state index in [1.165, 1.54) is 12.3 Å². The number of aromatic hydroxyl groups is 1. The molecule has 1 aliphatic rings. The predicted octanol–water partition coefficient (Wildman–Crippen LogP) is 3.23. The first-order valence-electron chi connectivity index (χ1n) is 5.84. The molecule has 0 spiro atoms. The molecule has 1 N–H and O–H groups in total. The van der Waals surface area contributed by atoms with Crippen LogP contribution in [-0.2, 0) is 4.74 Å². The van der Waals surface area contributed by atoms with E-state index in [9.17, 15) is 9.50 Å². The van der Waals surface area contributed by atoms with Crippen LogP contribution in [0.5, 0.6) is 5.75 Å². The lowest BCUT2D eigenvalue weighted by atomic mass is 10.2. The minimum Gasteiger partial charge on any atom is -0.506 e. The zero-order valence-electron chi connectivity index (χ0n) is 9.57. The van der Waals surface area contributed by atoms with Crippen LogP contribution in [0.4, 0.5) is 4.39 Å². The Balaban J connectivity index is 2.13. The van der Waals surface area contributed by atoms with Crippen molar-refractivity contribution in [3.63, 3.8) is 0 Å². The van der Waals surface area contributed by atoms with Crippen LogP contribution in [0, 0.1) is 5.82 Å². The highest BCUT2D eigenvalue weighted by molar-refractivity contribution is 6.33. The van der Waals surface area contributed by atoms with Crippen LogP contribution in [0.1, 0.15) is 25.5 Å². The van der Waals surface area contributed by atoms with Crippen molar-refractivity contribution in [2.45, 2.75) is 25.5 Å². The van der Waals surface area contributed by atoms with Crippen molar-refractivity contribution in [1.29, 1.82) is 0 Å². The Kier molecular flexibility index (Phi) is 2.87. The molecule has 18 heavy (non-hydrogen) atoms.